The topological polar surface area (TPSA) is 41.1 Å². The average Bonchev–Trinajstić information content (AvgIpc) is 3.33. The zero-order chi connectivity index (χ0) is 14.7. The van der Waals surface area contributed by atoms with Crippen molar-refractivity contribution in [2.24, 2.45) is 11.8 Å². The van der Waals surface area contributed by atoms with Crippen LogP contribution in [0.3, 0.4) is 0 Å². The quantitative estimate of drug-likeness (QED) is 0.864. The molecule has 2 aliphatic carbocycles. The van der Waals surface area contributed by atoms with Gasteiger partial charge >= 0.3 is 0 Å². The summed E-state index contributed by atoms with van der Waals surface area (Å²) < 4.78 is 0. The third kappa shape index (κ3) is 3.78. The summed E-state index contributed by atoms with van der Waals surface area (Å²) in [7, 11) is 0. The maximum Gasteiger partial charge on any atom is 0.251 e. The van der Waals surface area contributed by atoms with Gasteiger partial charge in [0.2, 0.25) is 0 Å². The normalized spacial score (nSPS) is 25.4. The summed E-state index contributed by atoms with van der Waals surface area (Å²) in [6.45, 7) is 2.61. The molecule has 21 heavy (non-hydrogen) atoms. The lowest BCUT2D eigenvalue weighted by atomic mass is 9.82. The number of hydrogen-bond donors (Lipinski definition) is 2. The van der Waals surface area contributed by atoms with E-state index in [2.05, 4.69) is 10.6 Å². The summed E-state index contributed by atoms with van der Waals surface area (Å²) >= 11 is 0. The van der Waals surface area contributed by atoms with Gasteiger partial charge in [0.15, 0.2) is 0 Å². The molecule has 2 fully saturated rings. The predicted molar refractivity (Wildman–Crippen MR) is 86.5 cm³/mol. The number of nitrogens with one attached hydrogen (secondary N) is 2. The average molecular weight is 286 g/mol. The fourth-order valence-electron chi connectivity index (χ4n) is 3.57. The molecule has 0 spiro atoms. The van der Waals surface area contributed by atoms with E-state index in [0.29, 0.717) is 12.6 Å². The highest BCUT2D eigenvalue weighted by atomic mass is 16.1. The lowest BCUT2D eigenvalue weighted by molar-refractivity contribution is 0.0956. The summed E-state index contributed by atoms with van der Waals surface area (Å²) in [5, 5.41) is 6.49. The zero-order valence-corrected chi connectivity index (χ0v) is 12.9. The molecule has 0 radical (unpaired) electrons. The predicted octanol–water partition coefficient (Wildman–Crippen LogP) is 3.82. The van der Waals surface area contributed by atoms with Crippen LogP contribution in [0.5, 0.6) is 0 Å². The molecule has 0 saturated heterocycles. The number of anilines is 1. The molecule has 2 saturated carbocycles. The van der Waals surface area contributed by atoms with Crippen molar-refractivity contribution < 1.29 is 4.79 Å². The lowest BCUT2D eigenvalue weighted by Crippen LogP contribution is -2.28. The van der Waals surface area contributed by atoms with E-state index in [9.17, 15) is 4.79 Å². The minimum atomic E-state index is 0.00974. The van der Waals surface area contributed by atoms with Gasteiger partial charge in [-0.3, -0.25) is 4.79 Å². The van der Waals surface area contributed by atoms with Crippen LogP contribution in [-0.2, 0) is 0 Å². The molecule has 2 atom stereocenters. The van der Waals surface area contributed by atoms with Crippen molar-refractivity contribution in [3.05, 3.63) is 29.8 Å². The molecule has 0 bridgehead atoms. The molecule has 0 heterocycles. The Bertz CT molecular complexity index is 478. The van der Waals surface area contributed by atoms with Crippen molar-refractivity contribution in [2.45, 2.75) is 51.5 Å². The van der Waals surface area contributed by atoms with Crippen LogP contribution in [-0.4, -0.2) is 18.5 Å². The van der Waals surface area contributed by atoms with E-state index >= 15 is 0 Å². The second kappa shape index (κ2) is 6.50. The van der Waals surface area contributed by atoms with Crippen molar-refractivity contribution in [1.82, 2.24) is 5.32 Å². The Morgan fingerprint density at radius 2 is 1.86 bits per heavy atom. The maximum absolute atomic E-state index is 11.7. The van der Waals surface area contributed by atoms with Gasteiger partial charge in [0.25, 0.3) is 5.91 Å². The molecular formula is C18H26N2O. The van der Waals surface area contributed by atoms with Gasteiger partial charge in [-0.05, 0) is 68.7 Å². The monoisotopic (exact) mass is 286 g/mol. The van der Waals surface area contributed by atoms with Crippen LogP contribution in [0.4, 0.5) is 5.69 Å². The number of amides is 1. The fourth-order valence-corrected chi connectivity index (χ4v) is 3.57. The molecular weight excluding hydrogens is 260 g/mol. The Balaban J connectivity index is 1.55. The van der Waals surface area contributed by atoms with Gasteiger partial charge < -0.3 is 10.6 Å². The van der Waals surface area contributed by atoms with Crippen molar-refractivity contribution in [2.75, 3.05) is 11.9 Å². The second-order valence-electron chi connectivity index (χ2n) is 6.54. The van der Waals surface area contributed by atoms with E-state index in [0.717, 1.165) is 23.1 Å². The number of rotatable bonds is 5. The molecule has 1 amide bonds. The zero-order valence-electron chi connectivity index (χ0n) is 12.9. The minimum Gasteiger partial charge on any atom is -0.382 e. The molecule has 3 rings (SSSR count). The third-order valence-electron chi connectivity index (χ3n) is 4.86. The van der Waals surface area contributed by atoms with Crippen molar-refractivity contribution in [1.29, 1.82) is 0 Å². The van der Waals surface area contributed by atoms with Crippen LogP contribution in [0.15, 0.2) is 24.3 Å². The van der Waals surface area contributed by atoms with Gasteiger partial charge in [-0.15, -0.1) is 0 Å². The first-order chi connectivity index (χ1) is 10.3. The van der Waals surface area contributed by atoms with Crippen LogP contribution < -0.4 is 10.6 Å². The lowest BCUT2D eigenvalue weighted by Gasteiger charge is -2.30. The summed E-state index contributed by atoms with van der Waals surface area (Å²) in [6.07, 6.45) is 8.30. The summed E-state index contributed by atoms with van der Waals surface area (Å²) in [5.41, 5.74) is 1.88. The Labute approximate surface area is 127 Å². The van der Waals surface area contributed by atoms with Crippen molar-refractivity contribution in [3.63, 3.8) is 0 Å². The molecule has 0 aromatic heterocycles. The highest BCUT2D eigenvalue weighted by molar-refractivity contribution is 5.94. The third-order valence-corrected chi connectivity index (χ3v) is 4.86. The number of hydrogen-bond acceptors (Lipinski definition) is 2. The van der Waals surface area contributed by atoms with E-state index in [1.165, 1.54) is 38.5 Å². The highest BCUT2D eigenvalue weighted by Crippen LogP contribution is 2.44. The Morgan fingerprint density at radius 3 is 2.52 bits per heavy atom. The second-order valence-corrected chi connectivity index (χ2v) is 6.54. The van der Waals surface area contributed by atoms with Crippen LogP contribution in [0, 0.1) is 11.8 Å². The molecule has 2 unspecified atom stereocenters. The number of carbonyl (C=O) groups excluding carboxylic acids is 1. The van der Waals surface area contributed by atoms with E-state index in [1.54, 1.807) is 0 Å². The van der Waals surface area contributed by atoms with Crippen LogP contribution >= 0.6 is 0 Å². The van der Waals surface area contributed by atoms with Crippen molar-refractivity contribution >= 4 is 11.6 Å². The number of carbonyl (C=O) groups is 1. The largest absolute Gasteiger partial charge is 0.382 e. The maximum atomic E-state index is 11.7. The number of benzene rings is 1. The molecule has 3 nitrogen and oxygen atoms in total. The molecule has 2 aliphatic rings. The van der Waals surface area contributed by atoms with Gasteiger partial charge in [-0.25, -0.2) is 0 Å². The minimum absolute atomic E-state index is 0.00974. The van der Waals surface area contributed by atoms with Crippen molar-refractivity contribution in [3.8, 4) is 0 Å². The molecule has 0 aliphatic heterocycles. The molecule has 2 N–H and O–H groups in total. The van der Waals surface area contributed by atoms with Crippen LogP contribution in [0.25, 0.3) is 0 Å². The first-order valence-electron chi connectivity index (χ1n) is 8.41. The highest BCUT2D eigenvalue weighted by Gasteiger charge is 2.34. The summed E-state index contributed by atoms with van der Waals surface area (Å²) in [6, 6.07) is 8.50. The first kappa shape index (κ1) is 14.4. The van der Waals surface area contributed by atoms with E-state index in [-0.39, 0.29) is 5.91 Å². The Morgan fingerprint density at radius 1 is 1.10 bits per heavy atom. The Kier molecular flexibility index (Phi) is 4.47. The van der Waals surface area contributed by atoms with Gasteiger partial charge in [-0.1, -0.05) is 12.8 Å². The molecule has 1 aromatic carbocycles. The smallest absolute Gasteiger partial charge is 0.251 e. The SMILES string of the molecule is CCNC(=O)c1ccc(NC2CCCC(C3CC3)C2)cc1. The van der Waals surface area contributed by atoms with Gasteiger partial charge in [0.05, 0.1) is 0 Å². The van der Waals surface area contributed by atoms with Crippen LogP contribution in [0.2, 0.25) is 0 Å². The van der Waals surface area contributed by atoms with E-state index < -0.39 is 0 Å². The Hall–Kier alpha value is -1.51. The first-order valence-corrected chi connectivity index (χ1v) is 8.41. The van der Waals surface area contributed by atoms with E-state index in [1.807, 2.05) is 31.2 Å². The fraction of sp³-hybridized carbons (Fsp3) is 0.611. The van der Waals surface area contributed by atoms with Crippen LogP contribution in [0.1, 0.15) is 55.8 Å². The molecule has 114 valence electrons. The van der Waals surface area contributed by atoms with Gasteiger partial charge in [0.1, 0.15) is 0 Å². The van der Waals surface area contributed by atoms with Gasteiger partial charge in [0, 0.05) is 23.8 Å². The van der Waals surface area contributed by atoms with Gasteiger partial charge in [-0.2, -0.15) is 0 Å². The molecule has 1 aromatic rings. The summed E-state index contributed by atoms with van der Waals surface area (Å²) in [5.74, 6) is 1.98. The summed E-state index contributed by atoms with van der Waals surface area (Å²) in [4.78, 5) is 11.7. The van der Waals surface area contributed by atoms with E-state index in [4.69, 9.17) is 0 Å². The standard InChI is InChI=1S/C18H26N2O/c1-2-19-18(21)14-8-10-16(11-9-14)20-17-5-3-4-15(12-17)13-6-7-13/h8-11,13,15,17,20H,2-7,12H2,1H3,(H,19,21). The molecule has 3 heteroatoms.